The van der Waals surface area contributed by atoms with Gasteiger partial charge in [0.25, 0.3) is 0 Å². The molecule has 84 valence electrons. The molecule has 1 atom stereocenters. The smallest absolute Gasteiger partial charge is 0.389 e. The zero-order valence-corrected chi connectivity index (χ0v) is 7.96. The van der Waals surface area contributed by atoms with Crippen molar-refractivity contribution in [2.24, 2.45) is 5.73 Å². The fourth-order valence-electron chi connectivity index (χ4n) is 1.24. The predicted molar refractivity (Wildman–Crippen MR) is 50.3 cm³/mol. The van der Waals surface area contributed by atoms with Crippen LogP contribution >= 0.6 is 0 Å². The van der Waals surface area contributed by atoms with Crippen LogP contribution in [0, 0.1) is 0 Å². The molecule has 0 saturated heterocycles. The van der Waals surface area contributed by atoms with Gasteiger partial charge in [0.15, 0.2) is 0 Å². The second-order valence-corrected chi connectivity index (χ2v) is 3.36. The summed E-state index contributed by atoms with van der Waals surface area (Å²) in [6, 6.07) is 5.28. The summed E-state index contributed by atoms with van der Waals surface area (Å²) in [5, 5.41) is 9.11. The average molecular weight is 219 g/mol. The Kier molecular flexibility index (Phi) is 3.57. The third-order valence-electron chi connectivity index (χ3n) is 2.04. The van der Waals surface area contributed by atoms with Gasteiger partial charge >= 0.3 is 6.18 Å². The highest BCUT2D eigenvalue weighted by Gasteiger charge is 2.27. The van der Waals surface area contributed by atoms with Crippen LogP contribution in [0.15, 0.2) is 24.3 Å². The quantitative estimate of drug-likeness (QED) is 0.821. The van der Waals surface area contributed by atoms with Crippen LogP contribution in [0.1, 0.15) is 24.4 Å². The van der Waals surface area contributed by atoms with Gasteiger partial charge in [0, 0.05) is 12.5 Å². The molecule has 0 amide bonds. The maximum atomic E-state index is 11.9. The van der Waals surface area contributed by atoms with Gasteiger partial charge in [0.1, 0.15) is 5.75 Å². The van der Waals surface area contributed by atoms with Gasteiger partial charge in [-0.2, -0.15) is 13.2 Å². The summed E-state index contributed by atoms with van der Waals surface area (Å²) in [6.45, 7) is 0. The minimum atomic E-state index is -4.19. The van der Waals surface area contributed by atoms with E-state index in [1.165, 1.54) is 12.1 Å². The summed E-state index contributed by atoms with van der Waals surface area (Å²) in [7, 11) is 0. The Balaban J connectivity index is 2.58. The van der Waals surface area contributed by atoms with Gasteiger partial charge in [0.05, 0.1) is 0 Å². The van der Waals surface area contributed by atoms with Crippen LogP contribution in [0.3, 0.4) is 0 Å². The Morgan fingerprint density at radius 2 is 2.00 bits per heavy atom. The molecule has 2 nitrogen and oxygen atoms in total. The van der Waals surface area contributed by atoms with Crippen molar-refractivity contribution >= 4 is 0 Å². The maximum Gasteiger partial charge on any atom is 0.389 e. The lowest BCUT2D eigenvalue weighted by molar-refractivity contribution is -0.136. The van der Waals surface area contributed by atoms with Gasteiger partial charge < -0.3 is 10.8 Å². The van der Waals surface area contributed by atoms with Gasteiger partial charge in [-0.3, -0.25) is 0 Å². The van der Waals surface area contributed by atoms with Crippen LogP contribution in [0.4, 0.5) is 13.2 Å². The highest BCUT2D eigenvalue weighted by atomic mass is 19.4. The highest BCUT2D eigenvalue weighted by Crippen LogP contribution is 2.27. The van der Waals surface area contributed by atoms with Crippen LogP contribution in [-0.2, 0) is 0 Å². The van der Waals surface area contributed by atoms with Crippen molar-refractivity contribution in [3.8, 4) is 5.75 Å². The molecule has 0 unspecified atom stereocenters. The normalized spacial score (nSPS) is 13.9. The Morgan fingerprint density at radius 3 is 2.53 bits per heavy atom. The van der Waals surface area contributed by atoms with Gasteiger partial charge in [0.2, 0.25) is 0 Å². The van der Waals surface area contributed by atoms with Crippen LogP contribution in [-0.4, -0.2) is 11.3 Å². The van der Waals surface area contributed by atoms with Crippen molar-refractivity contribution in [1.29, 1.82) is 0 Å². The summed E-state index contributed by atoms with van der Waals surface area (Å²) in [5.74, 6) is 0.00922. The zero-order chi connectivity index (χ0) is 11.5. The Morgan fingerprint density at radius 1 is 1.33 bits per heavy atom. The third kappa shape index (κ3) is 4.20. The van der Waals surface area contributed by atoms with Crippen molar-refractivity contribution in [2.45, 2.75) is 25.1 Å². The lowest BCUT2D eigenvalue weighted by Crippen LogP contribution is -2.15. The van der Waals surface area contributed by atoms with E-state index >= 15 is 0 Å². The van der Waals surface area contributed by atoms with Crippen LogP contribution < -0.4 is 5.73 Å². The van der Waals surface area contributed by atoms with Gasteiger partial charge in [-0.1, -0.05) is 12.1 Å². The number of hydrogen-bond donors (Lipinski definition) is 2. The standard InChI is InChI=1S/C10H12F3NO/c11-10(12,13)5-4-9(14)7-2-1-3-8(15)6-7/h1-3,6,9,15H,4-5,14H2/t9-/m0/s1. The molecule has 0 aliphatic rings. The first-order valence-electron chi connectivity index (χ1n) is 4.50. The van der Waals surface area contributed by atoms with Gasteiger partial charge in [-0.05, 0) is 24.1 Å². The van der Waals surface area contributed by atoms with E-state index in [2.05, 4.69) is 0 Å². The van der Waals surface area contributed by atoms with E-state index in [1.807, 2.05) is 0 Å². The first kappa shape index (κ1) is 11.8. The molecule has 0 heterocycles. The first-order chi connectivity index (χ1) is 6.88. The molecule has 1 aromatic rings. The molecule has 0 fully saturated rings. The minimum absolute atomic E-state index is 0.00922. The fraction of sp³-hybridized carbons (Fsp3) is 0.400. The van der Waals surface area contributed by atoms with Crippen LogP contribution in [0.5, 0.6) is 5.75 Å². The van der Waals surface area contributed by atoms with E-state index in [0.717, 1.165) is 0 Å². The number of halogens is 3. The number of alkyl halides is 3. The molecule has 0 aliphatic carbocycles. The van der Waals surface area contributed by atoms with E-state index < -0.39 is 18.6 Å². The number of benzene rings is 1. The number of phenols is 1. The Bertz CT molecular complexity index is 325. The molecule has 3 N–H and O–H groups in total. The molecule has 0 spiro atoms. The molecule has 0 bridgehead atoms. The van der Waals surface area contributed by atoms with E-state index in [9.17, 15) is 13.2 Å². The SMILES string of the molecule is N[C@@H](CCC(F)(F)F)c1cccc(O)c1. The monoisotopic (exact) mass is 219 g/mol. The first-order valence-corrected chi connectivity index (χ1v) is 4.50. The van der Waals surface area contributed by atoms with Gasteiger partial charge in [-0.15, -0.1) is 0 Å². The lowest BCUT2D eigenvalue weighted by atomic mass is 10.0. The van der Waals surface area contributed by atoms with Crippen molar-refractivity contribution in [2.75, 3.05) is 0 Å². The molecular formula is C10H12F3NO. The zero-order valence-electron chi connectivity index (χ0n) is 7.96. The van der Waals surface area contributed by atoms with Crippen molar-refractivity contribution in [3.05, 3.63) is 29.8 Å². The van der Waals surface area contributed by atoms with Crippen molar-refractivity contribution in [1.82, 2.24) is 0 Å². The van der Waals surface area contributed by atoms with E-state index in [4.69, 9.17) is 10.8 Å². The second-order valence-electron chi connectivity index (χ2n) is 3.36. The van der Waals surface area contributed by atoms with Crippen LogP contribution in [0.25, 0.3) is 0 Å². The molecular weight excluding hydrogens is 207 g/mol. The Hall–Kier alpha value is -1.23. The number of phenolic OH excluding ortho intramolecular Hbond substituents is 1. The molecule has 5 heteroatoms. The number of nitrogens with two attached hydrogens (primary N) is 1. The molecule has 0 aliphatic heterocycles. The molecule has 0 aromatic heterocycles. The topological polar surface area (TPSA) is 46.2 Å². The van der Waals surface area contributed by atoms with Crippen molar-refractivity contribution < 1.29 is 18.3 Å². The predicted octanol–water partition coefficient (Wildman–Crippen LogP) is 2.73. The lowest BCUT2D eigenvalue weighted by Gasteiger charge is -2.13. The van der Waals surface area contributed by atoms with Crippen LogP contribution in [0.2, 0.25) is 0 Å². The summed E-state index contributed by atoms with van der Waals surface area (Å²) >= 11 is 0. The summed E-state index contributed by atoms with van der Waals surface area (Å²) < 4.78 is 35.7. The maximum absolute atomic E-state index is 11.9. The van der Waals surface area contributed by atoms with Crippen molar-refractivity contribution in [3.63, 3.8) is 0 Å². The van der Waals surface area contributed by atoms with E-state index in [0.29, 0.717) is 5.56 Å². The summed E-state index contributed by atoms with van der Waals surface area (Å²) in [6.07, 6.45) is -5.27. The molecule has 0 saturated carbocycles. The number of rotatable bonds is 3. The Labute approximate surface area is 85.5 Å². The largest absolute Gasteiger partial charge is 0.508 e. The number of hydrogen-bond acceptors (Lipinski definition) is 2. The second kappa shape index (κ2) is 4.53. The van der Waals surface area contributed by atoms with Gasteiger partial charge in [-0.25, -0.2) is 0 Å². The third-order valence-corrected chi connectivity index (χ3v) is 2.04. The number of aromatic hydroxyl groups is 1. The van der Waals surface area contributed by atoms with E-state index in [-0.39, 0.29) is 12.2 Å². The molecule has 15 heavy (non-hydrogen) atoms. The molecule has 1 aromatic carbocycles. The fourth-order valence-corrected chi connectivity index (χ4v) is 1.24. The summed E-state index contributed by atoms with van der Waals surface area (Å²) in [4.78, 5) is 0. The molecule has 0 radical (unpaired) electrons. The highest BCUT2D eigenvalue weighted by molar-refractivity contribution is 5.29. The van der Waals surface area contributed by atoms with E-state index in [1.54, 1.807) is 12.1 Å². The minimum Gasteiger partial charge on any atom is -0.508 e. The summed E-state index contributed by atoms with van der Waals surface area (Å²) in [5.41, 5.74) is 6.07. The average Bonchev–Trinajstić information content (AvgIpc) is 2.13. The molecule has 1 rings (SSSR count).